The lowest BCUT2D eigenvalue weighted by atomic mass is 9.69. The van der Waals surface area contributed by atoms with Crippen LogP contribution in [0.25, 0.3) is 0 Å². The van der Waals surface area contributed by atoms with Crippen LogP contribution in [0.5, 0.6) is 0 Å². The number of nitriles is 1. The topological polar surface area (TPSA) is 80.5 Å². The number of fused-ring (bicyclic) bond motifs is 1. The molecule has 0 bridgehead atoms. The fraction of sp³-hybridized carbons (Fsp3) is 0.316. The van der Waals surface area contributed by atoms with Crippen molar-refractivity contribution in [1.82, 2.24) is 9.88 Å². The van der Waals surface area contributed by atoms with Gasteiger partial charge < -0.3 is 14.9 Å². The van der Waals surface area contributed by atoms with Gasteiger partial charge in [0, 0.05) is 31.2 Å². The number of amides is 1. The number of likely N-dealkylation sites (tertiary alicyclic amines) is 1. The highest BCUT2D eigenvalue weighted by Crippen LogP contribution is 2.48. The maximum absolute atomic E-state index is 11.5. The molecule has 2 atom stereocenters. The Hall–Kier alpha value is -3.07. The van der Waals surface area contributed by atoms with Gasteiger partial charge in [0.1, 0.15) is 6.07 Å². The molecule has 1 amide bonds. The van der Waals surface area contributed by atoms with Gasteiger partial charge in [0.2, 0.25) is 0 Å². The molecule has 3 heterocycles. The van der Waals surface area contributed by atoms with Crippen molar-refractivity contribution in [2.24, 2.45) is 5.41 Å². The summed E-state index contributed by atoms with van der Waals surface area (Å²) in [5, 5.41) is 18.5. The van der Waals surface area contributed by atoms with Crippen LogP contribution in [-0.2, 0) is 6.42 Å². The standard InChI is InChI=1S/C19H18N4O2/c20-8-15-6-16(10-21-9-15)23-13-19(7-14-4-2-1-3-5-14)12-22(18(24)25)11-17(19)23/h1-6,9-10,17H,7,11-13H2,(H,24,25)/t17-,19-/m1/s1. The number of carbonyl (C=O) groups is 1. The first kappa shape index (κ1) is 15.5. The fourth-order valence-electron chi connectivity index (χ4n) is 4.17. The van der Waals surface area contributed by atoms with Crippen molar-refractivity contribution in [1.29, 1.82) is 5.26 Å². The van der Waals surface area contributed by atoms with E-state index in [9.17, 15) is 9.90 Å². The zero-order valence-corrected chi connectivity index (χ0v) is 13.7. The van der Waals surface area contributed by atoms with Crippen LogP contribution in [0.2, 0.25) is 0 Å². The predicted molar refractivity (Wildman–Crippen MR) is 92.3 cm³/mol. The van der Waals surface area contributed by atoms with Crippen LogP contribution < -0.4 is 4.90 Å². The summed E-state index contributed by atoms with van der Waals surface area (Å²) < 4.78 is 0. The molecule has 6 heteroatoms. The summed E-state index contributed by atoms with van der Waals surface area (Å²) in [6.45, 7) is 1.80. The molecule has 2 aliphatic rings. The quantitative estimate of drug-likeness (QED) is 0.932. The van der Waals surface area contributed by atoms with E-state index in [-0.39, 0.29) is 11.5 Å². The molecule has 0 unspecified atom stereocenters. The molecule has 0 aliphatic carbocycles. The van der Waals surface area contributed by atoms with Crippen molar-refractivity contribution in [3.63, 3.8) is 0 Å². The van der Waals surface area contributed by atoms with E-state index in [1.54, 1.807) is 12.4 Å². The van der Waals surface area contributed by atoms with Gasteiger partial charge in [0.25, 0.3) is 0 Å². The number of anilines is 1. The molecule has 2 aromatic rings. The van der Waals surface area contributed by atoms with Gasteiger partial charge in [0.05, 0.1) is 23.5 Å². The summed E-state index contributed by atoms with van der Waals surface area (Å²) >= 11 is 0. The van der Waals surface area contributed by atoms with Crippen LogP contribution in [0.4, 0.5) is 10.5 Å². The normalized spacial score (nSPS) is 24.4. The summed E-state index contributed by atoms with van der Waals surface area (Å²) in [4.78, 5) is 19.3. The average molecular weight is 334 g/mol. The largest absolute Gasteiger partial charge is 0.465 e. The SMILES string of the molecule is N#Cc1cncc(N2C[C@@]3(Cc4ccccc4)CN(C(=O)O)C[C@@H]23)c1. The number of nitrogens with zero attached hydrogens (tertiary/aromatic N) is 4. The molecular weight excluding hydrogens is 316 g/mol. The molecule has 0 spiro atoms. The van der Waals surface area contributed by atoms with E-state index >= 15 is 0 Å². The van der Waals surface area contributed by atoms with E-state index in [4.69, 9.17) is 5.26 Å². The monoisotopic (exact) mass is 334 g/mol. The van der Waals surface area contributed by atoms with Gasteiger partial charge in [-0.25, -0.2) is 4.79 Å². The Labute approximate surface area is 145 Å². The smallest absolute Gasteiger partial charge is 0.407 e. The minimum atomic E-state index is -0.870. The fourth-order valence-corrected chi connectivity index (χ4v) is 4.17. The summed E-state index contributed by atoms with van der Waals surface area (Å²) in [5.41, 5.74) is 2.55. The molecule has 2 saturated heterocycles. The highest BCUT2D eigenvalue weighted by Gasteiger charge is 2.58. The Balaban J connectivity index is 1.62. The molecule has 25 heavy (non-hydrogen) atoms. The van der Waals surface area contributed by atoms with E-state index in [1.807, 2.05) is 24.3 Å². The minimum absolute atomic E-state index is 0.0810. The van der Waals surface area contributed by atoms with Crippen LogP contribution in [0.1, 0.15) is 11.1 Å². The highest BCUT2D eigenvalue weighted by molar-refractivity contribution is 5.67. The van der Waals surface area contributed by atoms with Gasteiger partial charge in [-0.2, -0.15) is 5.26 Å². The van der Waals surface area contributed by atoms with Crippen LogP contribution in [-0.4, -0.2) is 46.8 Å². The number of benzene rings is 1. The number of hydrogen-bond donors (Lipinski definition) is 1. The maximum atomic E-state index is 11.5. The number of carboxylic acid groups (broad SMARTS) is 1. The van der Waals surface area contributed by atoms with Crippen molar-refractivity contribution in [2.75, 3.05) is 24.5 Å². The molecule has 2 aliphatic heterocycles. The van der Waals surface area contributed by atoms with Gasteiger partial charge in [-0.15, -0.1) is 0 Å². The summed E-state index contributed by atoms with van der Waals surface area (Å²) in [6.07, 6.45) is 3.27. The van der Waals surface area contributed by atoms with Gasteiger partial charge in [-0.05, 0) is 18.1 Å². The molecule has 0 radical (unpaired) electrons. The molecule has 126 valence electrons. The second kappa shape index (κ2) is 5.78. The molecule has 6 nitrogen and oxygen atoms in total. The second-order valence-electron chi connectivity index (χ2n) is 6.88. The average Bonchev–Trinajstić information content (AvgIpc) is 2.90. The first-order valence-corrected chi connectivity index (χ1v) is 8.25. The Morgan fingerprint density at radius 2 is 2.12 bits per heavy atom. The second-order valence-corrected chi connectivity index (χ2v) is 6.88. The number of rotatable bonds is 3. The van der Waals surface area contributed by atoms with Crippen molar-refractivity contribution < 1.29 is 9.90 Å². The Kier molecular flexibility index (Phi) is 3.57. The zero-order valence-electron chi connectivity index (χ0n) is 13.7. The predicted octanol–water partition coefficient (Wildman–Crippen LogP) is 2.36. The lowest BCUT2D eigenvalue weighted by Gasteiger charge is -2.54. The third-order valence-electron chi connectivity index (χ3n) is 5.32. The van der Waals surface area contributed by atoms with Crippen molar-refractivity contribution >= 4 is 11.8 Å². The third-order valence-corrected chi connectivity index (χ3v) is 5.32. The Morgan fingerprint density at radius 3 is 2.84 bits per heavy atom. The van der Waals surface area contributed by atoms with E-state index in [0.29, 0.717) is 18.7 Å². The van der Waals surface area contributed by atoms with Crippen LogP contribution >= 0.6 is 0 Å². The van der Waals surface area contributed by atoms with Crippen molar-refractivity contribution in [2.45, 2.75) is 12.5 Å². The van der Waals surface area contributed by atoms with Crippen molar-refractivity contribution in [3.05, 3.63) is 59.9 Å². The number of pyridine rings is 1. The van der Waals surface area contributed by atoms with E-state index in [1.165, 1.54) is 10.5 Å². The Morgan fingerprint density at radius 1 is 1.32 bits per heavy atom. The molecule has 1 aromatic carbocycles. The molecule has 4 rings (SSSR count). The lowest BCUT2D eigenvalue weighted by Crippen LogP contribution is -2.65. The maximum Gasteiger partial charge on any atom is 0.407 e. The van der Waals surface area contributed by atoms with Gasteiger partial charge in [0.15, 0.2) is 0 Å². The summed E-state index contributed by atoms with van der Waals surface area (Å²) in [7, 11) is 0. The van der Waals surface area contributed by atoms with Crippen molar-refractivity contribution in [3.8, 4) is 6.07 Å². The van der Waals surface area contributed by atoms with Crippen LogP contribution in [0.15, 0.2) is 48.8 Å². The van der Waals surface area contributed by atoms with Gasteiger partial charge in [-0.1, -0.05) is 30.3 Å². The van der Waals surface area contributed by atoms with Crippen LogP contribution in [0, 0.1) is 16.7 Å². The van der Waals surface area contributed by atoms with E-state index in [2.05, 4.69) is 28.1 Å². The van der Waals surface area contributed by atoms with Crippen LogP contribution in [0.3, 0.4) is 0 Å². The summed E-state index contributed by atoms with van der Waals surface area (Å²) in [6, 6.07) is 14.3. The first-order valence-electron chi connectivity index (χ1n) is 8.25. The number of aromatic nitrogens is 1. The third kappa shape index (κ3) is 2.58. The molecule has 1 aromatic heterocycles. The first-order chi connectivity index (χ1) is 12.1. The minimum Gasteiger partial charge on any atom is -0.465 e. The highest BCUT2D eigenvalue weighted by atomic mass is 16.4. The molecular formula is C19H18N4O2. The van der Waals surface area contributed by atoms with E-state index in [0.717, 1.165) is 18.7 Å². The lowest BCUT2D eigenvalue weighted by molar-refractivity contribution is 0.144. The number of hydrogen-bond acceptors (Lipinski definition) is 4. The van der Waals surface area contributed by atoms with Gasteiger partial charge in [-0.3, -0.25) is 4.98 Å². The summed E-state index contributed by atoms with van der Waals surface area (Å²) in [5.74, 6) is 0. The Bertz CT molecular complexity index is 848. The molecule has 2 fully saturated rings. The zero-order chi connectivity index (χ0) is 17.4. The van der Waals surface area contributed by atoms with E-state index < -0.39 is 6.09 Å². The van der Waals surface area contributed by atoms with Gasteiger partial charge >= 0.3 is 6.09 Å². The molecule has 0 saturated carbocycles. The molecule has 1 N–H and O–H groups in total.